The molecule has 2 atom stereocenters. The van der Waals surface area contributed by atoms with Crippen molar-refractivity contribution in [3.05, 3.63) is 114 Å². The Morgan fingerprint density at radius 3 is 2.26 bits per heavy atom. The van der Waals surface area contributed by atoms with Crippen molar-refractivity contribution < 1.29 is 13.9 Å². The Bertz CT molecular complexity index is 1510. The number of ether oxygens (including phenoxy) is 1. The molecule has 47 heavy (non-hydrogen) atoms. The van der Waals surface area contributed by atoms with Gasteiger partial charge in [0.1, 0.15) is 30.8 Å². The van der Waals surface area contributed by atoms with Gasteiger partial charge in [0.15, 0.2) is 0 Å². The van der Waals surface area contributed by atoms with E-state index < -0.39 is 0 Å². The standard InChI is InChI=1S/C39H48FN5O2/c40-35-15-11-30(12-16-35)23-33(25-36(41)24-31-13-17-37(18-14-31)47-26-32-7-3-1-4-8-32)38(46)44-21-19-39(20-22-44,27-45-29-42-28-43-45)34-9-5-2-6-10-34/h1,3-4,7-8,11-18,28-29,33-34,36H,2,5-6,9-10,19-27,41H2/t33-,36+/m0/s1. The summed E-state index contributed by atoms with van der Waals surface area (Å²) in [5.74, 6) is 1.07. The first-order chi connectivity index (χ1) is 23.0. The molecule has 2 aliphatic rings. The van der Waals surface area contributed by atoms with Crippen molar-refractivity contribution in [2.45, 2.75) is 83.4 Å². The van der Waals surface area contributed by atoms with Gasteiger partial charge in [0.05, 0.1) is 0 Å². The van der Waals surface area contributed by atoms with Crippen LogP contribution in [-0.4, -0.2) is 44.7 Å². The van der Waals surface area contributed by atoms with Gasteiger partial charge >= 0.3 is 0 Å². The molecule has 1 amide bonds. The molecule has 1 saturated heterocycles. The number of hydrogen-bond acceptors (Lipinski definition) is 5. The number of carbonyl (C=O) groups excluding carboxylic acids is 1. The first kappa shape index (κ1) is 32.9. The summed E-state index contributed by atoms with van der Waals surface area (Å²) in [6.45, 7) is 2.86. The smallest absolute Gasteiger partial charge is 0.226 e. The van der Waals surface area contributed by atoms with Gasteiger partial charge in [0, 0.05) is 31.6 Å². The molecule has 0 radical (unpaired) electrons. The molecular formula is C39H48FN5O2. The predicted octanol–water partition coefficient (Wildman–Crippen LogP) is 7.00. The lowest BCUT2D eigenvalue weighted by molar-refractivity contribution is -0.139. The number of piperidine rings is 1. The summed E-state index contributed by atoms with van der Waals surface area (Å²) in [5, 5.41) is 4.46. The fourth-order valence-corrected chi connectivity index (χ4v) is 7.87. The van der Waals surface area contributed by atoms with E-state index in [0.29, 0.717) is 31.8 Å². The zero-order valence-electron chi connectivity index (χ0n) is 27.4. The topological polar surface area (TPSA) is 86.3 Å². The Morgan fingerprint density at radius 2 is 1.57 bits per heavy atom. The summed E-state index contributed by atoms with van der Waals surface area (Å²) in [6.07, 6.45) is 13.5. The van der Waals surface area contributed by atoms with Crippen LogP contribution in [0.2, 0.25) is 0 Å². The van der Waals surface area contributed by atoms with Crippen LogP contribution in [0.25, 0.3) is 0 Å². The van der Waals surface area contributed by atoms with Crippen LogP contribution in [-0.2, 0) is 30.8 Å². The number of nitrogens with two attached hydrogens (primary N) is 1. The Morgan fingerprint density at radius 1 is 0.894 bits per heavy atom. The lowest BCUT2D eigenvalue weighted by atomic mass is 9.63. The molecule has 2 heterocycles. The lowest BCUT2D eigenvalue weighted by Crippen LogP contribution is -2.50. The molecule has 0 bridgehead atoms. The Balaban J connectivity index is 1.10. The van der Waals surface area contributed by atoms with Gasteiger partial charge in [-0.1, -0.05) is 73.9 Å². The minimum Gasteiger partial charge on any atom is -0.489 e. The number of halogens is 1. The van der Waals surface area contributed by atoms with Gasteiger partial charge in [-0.05, 0) is 97.2 Å². The van der Waals surface area contributed by atoms with Crippen molar-refractivity contribution >= 4 is 5.91 Å². The van der Waals surface area contributed by atoms with Crippen molar-refractivity contribution in [2.24, 2.45) is 23.0 Å². The molecule has 1 aromatic heterocycles. The number of aromatic nitrogens is 3. The summed E-state index contributed by atoms with van der Waals surface area (Å²) >= 11 is 0. The van der Waals surface area contributed by atoms with Crippen molar-refractivity contribution in [3.63, 3.8) is 0 Å². The van der Waals surface area contributed by atoms with E-state index in [9.17, 15) is 9.18 Å². The molecule has 2 fully saturated rings. The van der Waals surface area contributed by atoms with Gasteiger partial charge < -0.3 is 15.4 Å². The van der Waals surface area contributed by atoms with E-state index >= 15 is 0 Å². The molecule has 6 rings (SSSR count). The number of benzene rings is 3. The number of carbonyl (C=O) groups is 1. The van der Waals surface area contributed by atoms with Crippen LogP contribution in [0.15, 0.2) is 91.5 Å². The average Bonchev–Trinajstić information content (AvgIpc) is 3.62. The molecule has 1 aliphatic heterocycles. The lowest BCUT2D eigenvalue weighted by Gasteiger charge is -2.48. The molecule has 0 spiro atoms. The van der Waals surface area contributed by atoms with E-state index in [4.69, 9.17) is 10.5 Å². The highest BCUT2D eigenvalue weighted by Crippen LogP contribution is 2.47. The van der Waals surface area contributed by atoms with Crippen molar-refractivity contribution in [1.29, 1.82) is 0 Å². The van der Waals surface area contributed by atoms with Gasteiger partial charge in [-0.3, -0.25) is 9.48 Å². The largest absolute Gasteiger partial charge is 0.489 e. The molecule has 3 aromatic carbocycles. The van der Waals surface area contributed by atoms with E-state index in [2.05, 4.69) is 27.1 Å². The summed E-state index contributed by atoms with van der Waals surface area (Å²) in [6, 6.07) is 24.5. The number of amides is 1. The maximum atomic E-state index is 14.2. The van der Waals surface area contributed by atoms with Crippen LogP contribution in [0, 0.1) is 23.1 Å². The third-order valence-electron chi connectivity index (χ3n) is 10.5. The third-order valence-corrected chi connectivity index (χ3v) is 10.5. The highest BCUT2D eigenvalue weighted by atomic mass is 19.1. The Kier molecular flexibility index (Phi) is 11.0. The summed E-state index contributed by atoms with van der Waals surface area (Å²) in [7, 11) is 0. The summed E-state index contributed by atoms with van der Waals surface area (Å²) < 4.78 is 21.7. The third kappa shape index (κ3) is 8.86. The maximum absolute atomic E-state index is 14.2. The first-order valence-corrected chi connectivity index (χ1v) is 17.3. The zero-order chi connectivity index (χ0) is 32.5. The van der Waals surface area contributed by atoms with Crippen LogP contribution >= 0.6 is 0 Å². The van der Waals surface area contributed by atoms with Crippen LogP contribution < -0.4 is 10.5 Å². The minimum atomic E-state index is -0.276. The number of nitrogens with zero attached hydrogens (tertiary/aromatic N) is 4. The van der Waals surface area contributed by atoms with Crippen molar-refractivity contribution in [2.75, 3.05) is 13.1 Å². The monoisotopic (exact) mass is 637 g/mol. The van der Waals surface area contributed by atoms with Gasteiger partial charge in [-0.15, -0.1) is 0 Å². The van der Waals surface area contributed by atoms with Crippen LogP contribution in [0.1, 0.15) is 68.1 Å². The average molecular weight is 638 g/mol. The first-order valence-electron chi connectivity index (χ1n) is 17.3. The molecule has 8 heteroatoms. The van der Waals surface area contributed by atoms with Crippen LogP contribution in [0.4, 0.5) is 4.39 Å². The molecule has 7 nitrogen and oxygen atoms in total. The molecule has 4 aromatic rings. The van der Waals surface area contributed by atoms with Gasteiger partial charge in [0.2, 0.25) is 5.91 Å². The second kappa shape index (κ2) is 15.7. The van der Waals surface area contributed by atoms with Crippen LogP contribution in [0.3, 0.4) is 0 Å². The van der Waals surface area contributed by atoms with Gasteiger partial charge in [-0.2, -0.15) is 5.10 Å². The number of likely N-dealkylation sites (tertiary alicyclic amines) is 1. The SMILES string of the molecule is N[C@H](Cc1ccc(OCc2ccccc2)cc1)C[C@H](Cc1ccc(F)cc1)C(=O)N1CCC(Cn2cncn2)(C2CCCCC2)CC1. The minimum absolute atomic E-state index is 0.130. The highest BCUT2D eigenvalue weighted by molar-refractivity contribution is 5.79. The fraction of sp³-hybridized carbons (Fsp3) is 0.462. The maximum Gasteiger partial charge on any atom is 0.226 e. The van der Waals surface area contributed by atoms with E-state index in [0.717, 1.165) is 54.9 Å². The highest BCUT2D eigenvalue weighted by Gasteiger charge is 2.43. The second-order valence-corrected chi connectivity index (χ2v) is 13.8. The van der Waals surface area contributed by atoms with Crippen molar-refractivity contribution in [1.82, 2.24) is 19.7 Å². The van der Waals surface area contributed by atoms with E-state index in [1.54, 1.807) is 18.5 Å². The second-order valence-electron chi connectivity index (χ2n) is 13.8. The molecule has 0 unspecified atom stereocenters. The number of rotatable bonds is 13. The molecule has 1 saturated carbocycles. The van der Waals surface area contributed by atoms with Gasteiger partial charge in [-0.25, -0.2) is 9.37 Å². The normalized spacial score (nSPS) is 18.0. The number of hydrogen-bond donors (Lipinski definition) is 1. The summed E-state index contributed by atoms with van der Waals surface area (Å²) in [4.78, 5) is 20.5. The van der Waals surface area contributed by atoms with Crippen molar-refractivity contribution in [3.8, 4) is 5.75 Å². The molecular weight excluding hydrogens is 589 g/mol. The van der Waals surface area contributed by atoms with E-state index in [1.807, 2.05) is 53.5 Å². The Labute approximate surface area is 278 Å². The predicted molar refractivity (Wildman–Crippen MR) is 182 cm³/mol. The van der Waals surface area contributed by atoms with E-state index in [-0.39, 0.29) is 29.1 Å². The Hall–Kier alpha value is -4.04. The molecule has 1 aliphatic carbocycles. The van der Waals surface area contributed by atoms with E-state index in [1.165, 1.54) is 44.2 Å². The summed E-state index contributed by atoms with van der Waals surface area (Å²) in [5.41, 5.74) is 10.1. The zero-order valence-corrected chi connectivity index (χ0v) is 27.4. The fourth-order valence-electron chi connectivity index (χ4n) is 7.87. The quantitative estimate of drug-likeness (QED) is 0.171. The molecule has 2 N–H and O–H groups in total. The van der Waals surface area contributed by atoms with Crippen LogP contribution in [0.5, 0.6) is 5.75 Å². The molecule has 248 valence electrons. The van der Waals surface area contributed by atoms with Gasteiger partial charge in [0.25, 0.3) is 0 Å².